The van der Waals surface area contributed by atoms with Gasteiger partial charge in [0.05, 0.1) is 7.11 Å². The molecule has 0 aliphatic heterocycles. The van der Waals surface area contributed by atoms with E-state index in [0.717, 1.165) is 16.9 Å². The maximum Gasteiger partial charge on any atom is 0.490 e. The molecule has 0 bridgehead atoms. The van der Waals surface area contributed by atoms with Gasteiger partial charge in [-0.2, -0.15) is 0 Å². The fraction of sp³-hybridized carbons (Fsp3) is 0.0833. The van der Waals surface area contributed by atoms with Gasteiger partial charge in [-0.3, -0.25) is 4.98 Å². The maximum atomic E-state index is 9.07. The number of nitrogens with zero attached hydrogens (tertiary/aromatic N) is 1. The van der Waals surface area contributed by atoms with Crippen LogP contribution in [0.25, 0.3) is 11.1 Å². The average molecular weight is 229 g/mol. The zero-order chi connectivity index (χ0) is 12.3. The van der Waals surface area contributed by atoms with Crippen LogP contribution in [0.2, 0.25) is 0 Å². The number of rotatable bonds is 3. The van der Waals surface area contributed by atoms with E-state index in [1.807, 2.05) is 24.3 Å². The van der Waals surface area contributed by atoms with Gasteiger partial charge in [0.2, 0.25) is 0 Å². The zero-order valence-electron chi connectivity index (χ0n) is 9.37. The summed E-state index contributed by atoms with van der Waals surface area (Å²) in [6, 6.07) is 9.17. The molecular formula is C12H12BNO3. The Morgan fingerprint density at radius 1 is 1.06 bits per heavy atom. The van der Waals surface area contributed by atoms with Crippen LogP contribution in [0, 0.1) is 0 Å². The fourth-order valence-electron chi connectivity index (χ4n) is 1.54. The fourth-order valence-corrected chi connectivity index (χ4v) is 1.54. The Morgan fingerprint density at radius 2 is 1.76 bits per heavy atom. The number of aromatic nitrogens is 1. The summed E-state index contributed by atoms with van der Waals surface area (Å²) in [5.41, 5.74) is 2.15. The van der Waals surface area contributed by atoms with Crippen molar-refractivity contribution in [3.63, 3.8) is 0 Å². The number of ether oxygens (including phenoxy) is 1. The van der Waals surface area contributed by atoms with Crippen molar-refractivity contribution in [2.75, 3.05) is 7.11 Å². The predicted octanol–water partition coefficient (Wildman–Crippen LogP) is 0.437. The maximum absolute atomic E-state index is 9.07. The number of pyridine rings is 1. The van der Waals surface area contributed by atoms with Crippen LogP contribution in [0.5, 0.6) is 5.75 Å². The molecule has 0 spiro atoms. The lowest BCUT2D eigenvalue weighted by atomic mass is 9.80. The number of methoxy groups -OCH3 is 1. The van der Waals surface area contributed by atoms with Crippen molar-refractivity contribution in [2.45, 2.75) is 0 Å². The lowest BCUT2D eigenvalue weighted by Gasteiger charge is -2.05. The van der Waals surface area contributed by atoms with E-state index in [1.165, 1.54) is 6.20 Å². The normalized spacial score (nSPS) is 10.1. The summed E-state index contributed by atoms with van der Waals surface area (Å²) in [5, 5.41) is 18.1. The molecule has 17 heavy (non-hydrogen) atoms. The standard InChI is InChI=1S/C12H12BNO3/c1-17-12-4-2-9(3-5-12)10-6-11(13(15)16)8-14-7-10/h2-8,15-16H,1H3. The number of hydrogen-bond donors (Lipinski definition) is 2. The molecule has 2 aromatic rings. The molecule has 2 N–H and O–H groups in total. The quantitative estimate of drug-likeness (QED) is 0.749. The Labute approximate surface area is 99.7 Å². The highest BCUT2D eigenvalue weighted by Crippen LogP contribution is 2.20. The molecule has 0 aliphatic rings. The van der Waals surface area contributed by atoms with Gasteiger partial charge in [-0.25, -0.2) is 0 Å². The van der Waals surface area contributed by atoms with E-state index in [1.54, 1.807) is 19.4 Å². The third-order valence-electron chi connectivity index (χ3n) is 2.48. The first kappa shape index (κ1) is 11.6. The van der Waals surface area contributed by atoms with E-state index in [0.29, 0.717) is 5.46 Å². The van der Waals surface area contributed by atoms with Gasteiger partial charge < -0.3 is 14.8 Å². The molecule has 4 nitrogen and oxygen atoms in total. The van der Waals surface area contributed by atoms with Gasteiger partial charge in [-0.15, -0.1) is 0 Å². The van der Waals surface area contributed by atoms with E-state index in [9.17, 15) is 0 Å². The second kappa shape index (κ2) is 4.99. The highest BCUT2D eigenvalue weighted by atomic mass is 16.5. The monoisotopic (exact) mass is 229 g/mol. The molecule has 0 radical (unpaired) electrons. The van der Waals surface area contributed by atoms with Gasteiger partial charge in [0, 0.05) is 17.9 Å². The molecule has 86 valence electrons. The van der Waals surface area contributed by atoms with Crippen molar-refractivity contribution in [1.29, 1.82) is 0 Å². The first-order chi connectivity index (χ1) is 8.20. The lowest BCUT2D eigenvalue weighted by molar-refractivity contribution is 0.415. The summed E-state index contributed by atoms with van der Waals surface area (Å²) >= 11 is 0. The number of benzene rings is 1. The Bertz CT molecular complexity index is 499. The third-order valence-corrected chi connectivity index (χ3v) is 2.48. The lowest BCUT2D eigenvalue weighted by Crippen LogP contribution is -2.30. The molecule has 2 rings (SSSR count). The second-order valence-corrected chi connectivity index (χ2v) is 3.61. The van der Waals surface area contributed by atoms with Crippen LogP contribution < -0.4 is 10.2 Å². The minimum absolute atomic E-state index is 0.373. The molecule has 0 amide bonds. The largest absolute Gasteiger partial charge is 0.497 e. The van der Waals surface area contributed by atoms with E-state index in [-0.39, 0.29) is 0 Å². The van der Waals surface area contributed by atoms with Gasteiger partial charge in [0.25, 0.3) is 0 Å². The van der Waals surface area contributed by atoms with E-state index < -0.39 is 7.12 Å². The molecule has 1 aromatic heterocycles. The molecule has 0 aliphatic carbocycles. The van der Waals surface area contributed by atoms with Crippen LogP contribution in [0.1, 0.15) is 0 Å². The summed E-state index contributed by atoms with van der Waals surface area (Å²) in [6.07, 6.45) is 3.10. The van der Waals surface area contributed by atoms with Gasteiger partial charge in [-0.05, 0) is 23.3 Å². The molecule has 1 heterocycles. The molecule has 0 fully saturated rings. The summed E-state index contributed by atoms with van der Waals surface area (Å²) < 4.78 is 5.07. The van der Waals surface area contributed by atoms with Gasteiger partial charge in [-0.1, -0.05) is 18.2 Å². The summed E-state index contributed by atoms with van der Waals surface area (Å²) in [5.74, 6) is 0.778. The predicted molar refractivity (Wildman–Crippen MR) is 66.1 cm³/mol. The minimum Gasteiger partial charge on any atom is -0.497 e. The van der Waals surface area contributed by atoms with Crippen LogP contribution in [0.15, 0.2) is 42.7 Å². The van der Waals surface area contributed by atoms with Crippen LogP contribution in [-0.4, -0.2) is 29.3 Å². The van der Waals surface area contributed by atoms with Crippen molar-refractivity contribution in [3.8, 4) is 16.9 Å². The topological polar surface area (TPSA) is 62.6 Å². The molecule has 0 unspecified atom stereocenters. The first-order valence-electron chi connectivity index (χ1n) is 5.16. The zero-order valence-corrected chi connectivity index (χ0v) is 9.37. The summed E-state index contributed by atoms with van der Waals surface area (Å²) in [7, 11) is 0.111. The van der Waals surface area contributed by atoms with Gasteiger partial charge in [0.15, 0.2) is 0 Å². The van der Waals surface area contributed by atoms with Crippen LogP contribution in [0.4, 0.5) is 0 Å². The highest BCUT2D eigenvalue weighted by molar-refractivity contribution is 6.58. The van der Waals surface area contributed by atoms with E-state index in [4.69, 9.17) is 14.8 Å². The van der Waals surface area contributed by atoms with Crippen molar-refractivity contribution >= 4 is 12.6 Å². The minimum atomic E-state index is -1.50. The third kappa shape index (κ3) is 2.64. The Morgan fingerprint density at radius 3 is 2.35 bits per heavy atom. The Balaban J connectivity index is 2.35. The van der Waals surface area contributed by atoms with Crippen molar-refractivity contribution in [2.24, 2.45) is 0 Å². The molecule has 0 saturated carbocycles. The van der Waals surface area contributed by atoms with Crippen molar-refractivity contribution in [1.82, 2.24) is 4.98 Å². The smallest absolute Gasteiger partial charge is 0.490 e. The summed E-state index contributed by atoms with van der Waals surface area (Å²) in [6.45, 7) is 0. The molecule has 5 heteroatoms. The van der Waals surface area contributed by atoms with Crippen molar-refractivity contribution < 1.29 is 14.8 Å². The van der Waals surface area contributed by atoms with Crippen molar-refractivity contribution in [3.05, 3.63) is 42.7 Å². The molecular weight excluding hydrogens is 217 g/mol. The van der Waals surface area contributed by atoms with Crippen LogP contribution >= 0.6 is 0 Å². The Kier molecular flexibility index (Phi) is 3.42. The van der Waals surface area contributed by atoms with E-state index in [2.05, 4.69) is 4.98 Å². The SMILES string of the molecule is COc1ccc(-c2cncc(B(O)O)c2)cc1. The van der Waals surface area contributed by atoms with Crippen LogP contribution in [0.3, 0.4) is 0 Å². The molecule has 1 aromatic carbocycles. The average Bonchev–Trinajstić information content (AvgIpc) is 2.39. The van der Waals surface area contributed by atoms with Gasteiger partial charge >= 0.3 is 7.12 Å². The van der Waals surface area contributed by atoms with Crippen LogP contribution in [-0.2, 0) is 0 Å². The number of hydrogen-bond acceptors (Lipinski definition) is 4. The summed E-state index contributed by atoms with van der Waals surface area (Å²) in [4.78, 5) is 3.97. The van der Waals surface area contributed by atoms with E-state index >= 15 is 0 Å². The van der Waals surface area contributed by atoms with Gasteiger partial charge in [0.1, 0.15) is 5.75 Å². The second-order valence-electron chi connectivity index (χ2n) is 3.61. The Hall–Kier alpha value is -1.85. The highest BCUT2D eigenvalue weighted by Gasteiger charge is 2.12. The molecule has 0 saturated heterocycles. The first-order valence-corrected chi connectivity index (χ1v) is 5.16. The molecule has 0 atom stereocenters.